The molecule has 0 aliphatic carbocycles. The average molecular weight is 392 g/mol. The Balaban J connectivity index is 1.41. The van der Waals surface area contributed by atoms with E-state index in [0.29, 0.717) is 15.7 Å². The minimum atomic E-state index is -0.0850. The number of nitrogens with one attached hydrogen (secondary N) is 1. The maximum atomic E-state index is 12.8. The van der Waals surface area contributed by atoms with Crippen LogP contribution in [0, 0.1) is 0 Å². The van der Waals surface area contributed by atoms with Crippen LogP contribution < -0.4 is 10.1 Å². The minimum Gasteiger partial charge on any atom is -0.490 e. The number of carbonyl (C=O) groups is 1. The zero-order valence-corrected chi connectivity index (χ0v) is 15.6. The first kappa shape index (κ1) is 17.4. The summed E-state index contributed by atoms with van der Waals surface area (Å²) in [4.78, 5) is 18.8. The van der Waals surface area contributed by atoms with Gasteiger partial charge >= 0.3 is 6.03 Å². The number of hydrogen-bond donors (Lipinski definition) is 1. The van der Waals surface area contributed by atoms with Crippen LogP contribution in [0.4, 0.5) is 10.5 Å². The van der Waals surface area contributed by atoms with Gasteiger partial charge in [-0.1, -0.05) is 23.2 Å². The molecule has 136 valence electrons. The van der Waals surface area contributed by atoms with Crippen molar-refractivity contribution in [2.45, 2.75) is 43.9 Å². The molecule has 2 bridgehead atoms. The summed E-state index contributed by atoms with van der Waals surface area (Å²) in [6.45, 7) is 0. The first-order chi connectivity index (χ1) is 12.6. The van der Waals surface area contributed by atoms with Crippen molar-refractivity contribution in [2.24, 2.45) is 0 Å². The normalized spacial score (nSPS) is 24.4. The van der Waals surface area contributed by atoms with E-state index >= 15 is 0 Å². The molecule has 26 heavy (non-hydrogen) atoms. The van der Waals surface area contributed by atoms with Crippen LogP contribution in [0.5, 0.6) is 5.75 Å². The molecule has 2 amide bonds. The van der Waals surface area contributed by atoms with E-state index in [2.05, 4.69) is 10.3 Å². The highest BCUT2D eigenvalue weighted by Gasteiger charge is 2.44. The molecule has 0 spiro atoms. The van der Waals surface area contributed by atoms with Gasteiger partial charge in [0.1, 0.15) is 11.9 Å². The summed E-state index contributed by atoms with van der Waals surface area (Å²) in [5.74, 6) is 0.832. The zero-order valence-electron chi connectivity index (χ0n) is 14.1. The lowest BCUT2D eigenvalue weighted by Gasteiger charge is -2.38. The summed E-state index contributed by atoms with van der Waals surface area (Å²) < 4.78 is 6.08. The highest BCUT2D eigenvalue weighted by molar-refractivity contribution is 6.42. The number of amides is 2. The molecule has 2 saturated heterocycles. The third-order valence-corrected chi connectivity index (χ3v) is 5.79. The molecular formula is C19H19Cl2N3O2. The van der Waals surface area contributed by atoms with E-state index in [1.807, 2.05) is 17.0 Å². The number of piperidine rings is 1. The van der Waals surface area contributed by atoms with Crippen LogP contribution in [0.15, 0.2) is 42.7 Å². The summed E-state index contributed by atoms with van der Waals surface area (Å²) >= 11 is 12.0. The average Bonchev–Trinajstić information content (AvgIpc) is 2.90. The smallest absolute Gasteiger partial charge is 0.322 e. The molecule has 3 heterocycles. The summed E-state index contributed by atoms with van der Waals surface area (Å²) in [5, 5.41) is 3.84. The lowest BCUT2D eigenvalue weighted by Crippen LogP contribution is -2.50. The molecule has 2 unspecified atom stereocenters. The topological polar surface area (TPSA) is 54.5 Å². The number of fused-ring (bicyclic) bond motifs is 2. The van der Waals surface area contributed by atoms with E-state index in [1.54, 1.807) is 30.6 Å². The number of ether oxygens (including phenoxy) is 1. The number of urea groups is 1. The zero-order chi connectivity index (χ0) is 18.1. The van der Waals surface area contributed by atoms with Crippen LogP contribution in [0.3, 0.4) is 0 Å². The van der Waals surface area contributed by atoms with Crippen LogP contribution in [0.2, 0.25) is 10.0 Å². The van der Waals surface area contributed by atoms with Crippen molar-refractivity contribution in [3.63, 3.8) is 0 Å². The molecule has 0 saturated carbocycles. The minimum absolute atomic E-state index is 0.0850. The molecule has 2 aliphatic rings. The second-order valence-electron chi connectivity index (χ2n) is 6.75. The van der Waals surface area contributed by atoms with Gasteiger partial charge in [0.05, 0.1) is 10.0 Å². The van der Waals surface area contributed by atoms with E-state index in [4.69, 9.17) is 27.9 Å². The Bertz CT molecular complexity index is 789. The molecule has 2 aromatic rings. The van der Waals surface area contributed by atoms with E-state index in [-0.39, 0.29) is 24.2 Å². The molecule has 1 N–H and O–H groups in total. The highest BCUT2D eigenvalue weighted by Crippen LogP contribution is 2.38. The number of anilines is 1. The number of benzene rings is 1. The summed E-state index contributed by atoms with van der Waals surface area (Å²) in [6.07, 6.45) is 7.28. The SMILES string of the molecule is O=C(Nc1ccc(Cl)c(Cl)c1)N1C2CCC1CC(Oc1ccncc1)C2. The van der Waals surface area contributed by atoms with Crippen molar-refractivity contribution in [1.29, 1.82) is 0 Å². The lowest BCUT2D eigenvalue weighted by atomic mass is 10.00. The van der Waals surface area contributed by atoms with Gasteiger partial charge < -0.3 is 15.0 Å². The monoisotopic (exact) mass is 391 g/mol. The number of rotatable bonds is 3. The summed E-state index contributed by atoms with van der Waals surface area (Å²) in [6, 6.07) is 9.15. The predicted molar refractivity (Wildman–Crippen MR) is 102 cm³/mol. The molecule has 2 aliphatic heterocycles. The Hall–Kier alpha value is -1.98. The van der Waals surface area contributed by atoms with Crippen molar-refractivity contribution < 1.29 is 9.53 Å². The van der Waals surface area contributed by atoms with Crippen molar-refractivity contribution in [2.75, 3.05) is 5.32 Å². The Kier molecular flexibility index (Phi) is 4.92. The van der Waals surface area contributed by atoms with Gasteiger partial charge in [0.2, 0.25) is 0 Å². The maximum absolute atomic E-state index is 12.8. The van der Waals surface area contributed by atoms with Gasteiger partial charge in [0.25, 0.3) is 0 Å². The van der Waals surface area contributed by atoms with Crippen LogP contribution in [0.1, 0.15) is 25.7 Å². The third kappa shape index (κ3) is 3.60. The number of carbonyl (C=O) groups excluding carboxylic acids is 1. The molecule has 2 fully saturated rings. The fourth-order valence-electron chi connectivity index (χ4n) is 3.93. The first-order valence-corrected chi connectivity index (χ1v) is 9.47. The fourth-order valence-corrected chi connectivity index (χ4v) is 4.22. The molecule has 7 heteroatoms. The number of pyridine rings is 1. The van der Waals surface area contributed by atoms with E-state index in [9.17, 15) is 4.79 Å². The molecular weight excluding hydrogens is 373 g/mol. The molecule has 2 atom stereocenters. The Morgan fingerprint density at radius 1 is 1.08 bits per heavy atom. The van der Waals surface area contributed by atoms with Crippen molar-refractivity contribution >= 4 is 34.9 Å². The molecule has 4 rings (SSSR count). The van der Waals surface area contributed by atoms with Gasteiger partial charge in [-0.3, -0.25) is 4.98 Å². The summed E-state index contributed by atoms with van der Waals surface area (Å²) in [7, 11) is 0. The van der Waals surface area contributed by atoms with Crippen molar-refractivity contribution in [3.8, 4) is 5.75 Å². The van der Waals surface area contributed by atoms with Gasteiger partial charge in [-0.05, 0) is 43.2 Å². The van der Waals surface area contributed by atoms with Crippen LogP contribution in [-0.2, 0) is 0 Å². The standard InChI is InChI=1S/C19H19Cl2N3O2/c20-17-4-1-12(9-18(17)21)23-19(25)24-13-2-3-14(24)11-16(10-13)26-15-5-7-22-8-6-15/h1,4-9,13-14,16H,2-3,10-11H2,(H,23,25). The number of aromatic nitrogens is 1. The first-order valence-electron chi connectivity index (χ1n) is 8.71. The largest absolute Gasteiger partial charge is 0.490 e. The molecule has 5 nitrogen and oxygen atoms in total. The quantitative estimate of drug-likeness (QED) is 0.800. The van der Waals surface area contributed by atoms with Gasteiger partial charge in [-0.15, -0.1) is 0 Å². The van der Waals surface area contributed by atoms with Gasteiger partial charge in [0.15, 0.2) is 0 Å². The number of halogens is 2. The van der Waals surface area contributed by atoms with Gasteiger partial charge in [-0.2, -0.15) is 0 Å². The van der Waals surface area contributed by atoms with Crippen LogP contribution >= 0.6 is 23.2 Å². The third-order valence-electron chi connectivity index (χ3n) is 5.05. The maximum Gasteiger partial charge on any atom is 0.322 e. The van der Waals surface area contributed by atoms with Gasteiger partial charge in [0, 0.05) is 43.0 Å². The highest BCUT2D eigenvalue weighted by atomic mass is 35.5. The van der Waals surface area contributed by atoms with E-state index in [1.165, 1.54) is 0 Å². The lowest BCUT2D eigenvalue weighted by molar-refractivity contribution is 0.0732. The number of hydrogen-bond acceptors (Lipinski definition) is 3. The van der Waals surface area contributed by atoms with E-state index < -0.39 is 0 Å². The van der Waals surface area contributed by atoms with Crippen molar-refractivity contribution in [3.05, 3.63) is 52.8 Å². The Morgan fingerprint density at radius 2 is 1.77 bits per heavy atom. The number of nitrogens with zero attached hydrogens (tertiary/aromatic N) is 2. The fraction of sp³-hybridized carbons (Fsp3) is 0.368. The van der Waals surface area contributed by atoms with Gasteiger partial charge in [-0.25, -0.2) is 4.79 Å². The molecule has 0 radical (unpaired) electrons. The summed E-state index contributed by atoms with van der Waals surface area (Å²) in [5.41, 5.74) is 0.652. The Labute approximate surface area is 162 Å². The van der Waals surface area contributed by atoms with E-state index in [0.717, 1.165) is 31.4 Å². The Morgan fingerprint density at radius 3 is 2.42 bits per heavy atom. The van der Waals surface area contributed by atoms with Crippen molar-refractivity contribution in [1.82, 2.24) is 9.88 Å². The van der Waals surface area contributed by atoms with Crippen LogP contribution in [-0.4, -0.2) is 34.1 Å². The second-order valence-corrected chi connectivity index (χ2v) is 7.56. The predicted octanol–water partition coefficient (Wildman–Crippen LogP) is 4.99. The molecule has 1 aromatic heterocycles. The van der Waals surface area contributed by atoms with Crippen LogP contribution in [0.25, 0.3) is 0 Å². The second kappa shape index (κ2) is 7.33. The molecule has 1 aromatic carbocycles.